The average molecular weight is 491 g/mol. The van der Waals surface area contributed by atoms with Crippen molar-refractivity contribution in [3.63, 3.8) is 0 Å². The summed E-state index contributed by atoms with van der Waals surface area (Å²) in [7, 11) is 1.80. The lowest BCUT2D eigenvalue weighted by Gasteiger charge is -2.46. The Morgan fingerprint density at radius 3 is 2.53 bits per heavy atom. The molecule has 0 bridgehead atoms. The number of aryl methyl sites for hydroxylation is 1. The number of amides is 2. The highest BCUT2D eigenvalue weighted by atomic mass is 19.1. The van der Waals surface area contributed by atoms with Gasteiger partial charge in [0.15, 0.2) is 5.82 Å². The smallest absolute Gasteiger partial charge is 0.290 e. The highest BCUT2D eigenvalue weighted by molar-refractivity contribution is 6.01. The molecule has 1 aromatic heterocycles. The first-order valence-corrected chi connectivity index (χ1v) is 12.9. The van der Waals surface area contributed by atoms with Gasteiger partial charge in [-0.1, -0.05) is 24.6 Å². The Hall–Kier alpha value is -3.26. The fourth-order valence-electron chi connectivity index (χ4n) is 5.85. The van der Waals surface area contributed by atoms with E-state index in [0.717, 1.165) is 43.2 Å². The van der Waals surface area contributed by atoms with E-state index in [0.29, 0.717) is 48.5 Å². The molecule has 2 aromatic carbocycles. The molecule has 6 rings (SSSR count). The molecule has 0 atom stereocenters. The molecule has 1 saturated heterocycles. The minimum absolute atomic E-state index is 0.0855. The Balaban J connectivity index is 1.33. The maximum absolute atomic E-state index is 14.8. The van der Waals surface area contributed by atoms with E-state index in [9.17, 15) is 19.1 Å². The summed E-state index contributed by atoms with van der Waals surface area (Å²) in [6.07, 6.45) is 6.24. The van der Waals surface area contributed by atoms with Crippen LogP contribution in [0.15, 0.2) is 36.4 Å². The number of piperazine rings is 1. The van der Waals surface area contributed by atoms with Crippen LogP contribution >= 0.6 is 0 Å². The van der Waals surface area contributed by atoms with Crippen LogP contribution < -0.4 is 0 Å². The fraction of sp³-hybridized carbons (Fsp3) is 0.464. The van der Waals surface area contributed by atoms with Crippen LogP contribution in [-0.4, -0.2) is 61.6 Å². The lowest BCUT2D eigenvalue weighted by atomic mass is 9.90. The van der Waals surface area contributed by atoms with Crippen molar-refractivity contribution in [1.29, 1.82) is 0 Å². The molecular weight excluding hydrogens is 459 g/mol. The lowest BCUT2D eigenvalue weighted by molar-refractivity contribution is -0.173. The number of halogens is 1. The number of aliphatic hydroxyl groups is 1. The number of nitrogens with zero attached hydrogens (tertiary/aromatic N) is 4. The van der Waals surface area contributed by atoms with Gasteiger partial charge in [0, 0.05) is 31.3 Å². The highest BCUT2D eigenvalue weighted by Crippen LogP contribution is 2.43. The number of hydrogen-bond donors (Lipinski definition) is 1. The van der Waals surface area contributed by atoms with Crippen LogP contribution in [0.2, 0.25) is 0 Å². The van der Waals surface area contributed by atoms with Crippen molar-refractivity contribution in [2.45, 2.75) is 56.6 Å². The molecule has 2 saturated carbocycles. The van der Waals surface area contributed by atoms with E-state index in [1.165, 1.54) is 11.0 Å². The number of aromatic nitrogens is 2. The summed E-state index contributed by atoms with van der Waals surface area (Å²) < 4.78 is 16.6. The molecule has 3 aromatic rings. The van der Waals surface area contributed by atoms with Crippen molar-refractivity contribution in [2.75, 3.05) is 19.6 Å². The Kier molecular flexibility index (Phi) is 5.59. The fourth-order valence-corrected chi connectivity index (χ4v) is 5.85. The molecule has 0 unspecified atom stereocenters. The van der Waals surface area contributed by atoms with Gasteiger partial charge in [0.25, 0.3) is 5.91 Å². The number of fused-ring (bicyclic) bond motifs is 1. The molecule has 1 N–H and O–H groups in total. The Morgan fingerprint density at radius 1 is 1.08 bits per heavy atom. The summed E-state index contributed by atoms with van der Waals surface area (Å²) in [4.78, 5) is 34.4. The zero-order valence-corrected chi connectivity index (χ0v) is 20.5. The largest absolute Gasteiger partial charge is 0.371 e. The van der Waals surface area contributed by atoms with Crippen LogP contribution in [0.25, 0.3) is 22.2 Å². The van der Waals surface area contributed by atoms with Crippen LogP contribution in [0, 0.1) is 5.82 Å². The Morgan fingerprint density at radius 2 is 1.83 bits per heavy atom. The predicted molar refractivity (Wildman–Crippen MR) is 134 cm³/mol. The first-order valence-electron chi connectivity index (χ1n) is 12.9. The number of imidazole rings is 1. The monoisotopic (exact) mass is 490 g/mol. The molecule has 0 radical (unpaired) electrons. The molecule has 188 valence electrons. The van der Waals surface area contributed by atoms with Gasteiger partial charge in [-0.2, -0.15) is 0 Å². The molecule has 1 aliphatic heterocycles. The third-order valence-electron chi connectivity index (χ3n) is 8.08. The van der Waals surface area contributed by atoms with Crippen molar-refractivity contribution in [2.24, 2.45) is 7.05 Å². The molecule has 36 heavy (non-hydrogen) atoms. The Bertz CT molecular complexity index is 1360. The van der Waals surface area contributed by atoms with Crippen molar-refractivity contribution in [3.8, 4) is 11.1 Å². The van der Waals surface area contributed by atoms with Gasteiger partial charge in [-0.3, -0.25) is 9.59 Å². The number of rotatable bonds is 4. The zero-order chi connectivity index (χ0) is 25.0. The van der Waals surface area contributed by atoms with Crippen LogP contribution in [-0.2, 0) is 11.8 Å². The highest BCUT2D eigenvalue weighted by Gasteiger charge is 2.42. The molecule has 0 spiro atoms. The van der Waals surface area contributed by atoms with Crippen LogP contribution in [0.1, 0.15) is 67.0 Å². The summed E-state index contributed by atoms with van der Waals surface area (Å²) in [5.74, 6) is -0.211. The van der Waals surface area contributed by atoms with Crippen LogP contribution in [0.3, 0.4) is 0 Å². The topological polar surface area (TPSA) is 78.7 Å². The molecule has 2 heterocycles. The van der Waals surface area contributed by atoms with Crippen molar-refractivity contribution in [3.05, 3.63) is 53.6 Å². The van der Waals surface area contributed by atoms with E-state index in [4.69, 9.17) is 4.98 Å². The number of hydrogen-bond acceptors (Lipinski definition) is 4. The van der Waals surface area contributed by atoms with E-state index < -0.39 is 5.72 Å². The van der Waals surface area contributed by atoms with Crippen molar-refractivity contribution >= 4 is 22.8 Å². The van der Waals surface area contributed by atoms with Gasteiger partial charge in [0.05, 0.1) is 11.0 Å². The van der Waals surface area contributed by atoms with E-state index in [-0.39, 0.29) is 30.0 Å². The average Bonchev–Trinajstić information content (AvgIpc) is 3.67. The summed E-state index contributed by atoms with van der Waals surface area (Å²) in [6, 6.07) is 10.7. The second kappa shape index (κ2) is 8.69. The lowest BCUT2D eigenvalue weighted by Crippen LogP contribution is -2.61. The molecule has 2 aliphatic carbocycles. The maximum atomic E-state index is 14.8. The summed E-state index contributed by atoms with van der Waals surface area (Å²) in [5.41, 5.74) is 2.54. The third kappa shape index (κ3) is 3.88. The zero-order valence-electron chi connectivity index (χ0n) is 20.5. The molecule has 8 heteroatoms. The second-order valence-electron chi connectivity index (χ2n) is 10.5. The van der Waals surface area contributed by atoms with E-state index in [2.05, 4.69) is 6.07 Å². The molecule has 3 fully saturated rings. The normalized spacial score (nSPS) is 20.2. The number of benzene rings is 2. The van der Waals surface area contributed by atoms with Crippen LogP contribution in [0.5, 0.6) is 0 Å². The van der Waals surface area contributed by atoms with Gasteiger partial charge in [-0.15, -0.1) is 0 Å². The summed E-state index contributed by atoms with van der Waals surface area (Å²) in [6.45, 7) is 0.554. The Labute approximate surface area is 209 Å². The maximum Gasteiger partial charge on any atom is 0.290 e. The van der Waals surface area contributed by atoms with Crippen molar-refractivity contribution < 1.29 is 19.1 Å². The SMILES string of the molecule is Cn1c(C(=O)N2CCN(C3(O)CCCCC3)C(=O)C2)nc2c(-c3ccccc3F)cc(C3CC3)cc21. The van der Waals surface area contributed by atoms with Gasteiger partial charge in [0.1, 0.15) is 18.1 Å². The van der Waals surface area contributed by atoms with Gasteiger partial charge in [0.2, 0.25) is 5.91 Å². The summed E-state index contributed by atoms with van der Waals surface area (Å²) >= 11 is 0. The van der Waals surface area contributed by atoms with E-state index >= 15 is 0 Å². The minimum atomic E-state index is -1.10. The molecule has 2 amide bonds. The first kappa shape index (κ1) is 23.2. The van der Waals surface area contributed by atoms with Gasteiger partial charge < -0.3 is 19.5 Å². The minimum Gasteiger partial charge on any atom is -0.371 e. The predicted octanol–water partition coefficient (Wildman–Crippen LogP) is 4.19. The van der Waals surface area contributed by atoms with Gasteiger partial charge in [-0.25, -0.2) is 9.37 Å². The van der Waals surface area contributed by atoms with Crippen LogP contribution in [0.4, 0.5) is 4.39 Å². The molecule has 3 aliphatic rings. The molecular formula is C28H31FN4O3. The first-order chi connectivity index (χ1) is 17.4. The molecule has 7 nitrogen and oxygen atoms in total. The standard InChI is InChI=1S/C28H31FN4O3/c1-31-23-16-19(18-9-10-18)15-21(20-7-3-4-8-22(20)29)25(23)30-26(31)27(35)32-13-14-33(24(34)17-32)28(36)11-5-2-6-12-28/h3-4,7-8,15-16,18,36H,2,5-6,9-14,17H2,1H3. The third-order valence-corrected chi connectivity index (χ3v) is 8.08. The number of carbonyl (C=O) groups is 2. The van der Waals surface area contributed by atoms with E-state index in [1.807, 2.05) is 6.07 Å². The van der Waals surface area contributed by atoms with Crippen molar-refractivity contribution in [1.82, 2.24) is 19.4 Å². The van der Waals surface area contributed by atoms with E-state index in [1.54, 1.807) is 34.7 Å². The summed E-state index contributed by atoms with van der Waals surface area (Å²) in [5, 5.41) is 11.0. The van der Waals surface area contributed by atoms with Gasteiger partial charge >= 0.3 is 0 Å². The second-order valence-corrected chi connectivity index (χ2v) is 10.5. The number of carbonyl (C=O) groups excluding carboxylic acids is 2. The quantitative estimate of drug-likeness (QED) is 0.595. The van der Waals surface area contributed by atoms with Gasteiger partial charge in [-0.05, 0) is 68.2 Å².